The first-order valence-corrected chi connectivity index (χ1v) is 9.05. The quantitative estimate of drug-likeness (QED) is 0.683. The summed E-state index contributed by atoms with van der Waals surface area (Å²) in [5.41, 5.74) is 5.42. The van der Waals surface area contributed by atoms with E-state index in [0.29, 0.717) is 18.0 Å². The van der Waals surface area contributed by atoms with E-state index in [1.807, 2.05) is 41.8 Å². The Labute approximate surface area is 159 Å². The van der Waals surface area contributed by atoms with Gasteiger partial charge in [0.05, 0.1) is 31.0 Å². The number of fused-ring (bicyclic) bond motifs is 1. The average Bonchev–Trinajstić information content (AvgIpc) is 3.02. The Kier molecular flexibility index (Phi) is 5.81. The van der Waals surface area contributed by atoms with Crippen LogP contribution in [0.5, 0.6) is 11.5 Å². The molecule has 0 bridgehead atoms. The lowest BCUT2D eigenvalue weighted by Crippen LogP contribution is -2.23. The Morgan fingerprint density at radius 1 is 1.15 bits per heavy atom. The molecule has 3 aromatic rings. The van der Waals surface area contributed by atoms with Crippen molar-refractivity contribution in [1.82, 2.24) is 9.55 Å². The van der Waals surface area contributed by atoms with Gasteiger partial charge >= 0.3 is 0 Å². The molecule has 5 heteroatoms. The van der Waals surface area contributed by atoms with Crippen molar-refractivity contribution < 1.29 is 14.6 Å². The maximum absolute atomic E-state index is 10.4. The maximum Gasteiger partial charge on any atom is 0.161 e. The zero-order valence-corrected chi connectivity index (χ0v) is 16.3. The molecule has 0 saturated heterocycles. The van der Waals surface area contributed by atoms with Gasteiger partial charge in [0.2, 0.25) is 0 Å². The molecule has 0 amide bonds. The summed E-state index contributed by atoms with van der Waals surface area (Å²) in [5, 5.41) is 10.4. The van der Waals surface area contributed by atoms with Gasteiger partial charge in [0.15, 0.2) is 11.5 Å². The van der Waals surface area contributed by atoms with Crippen molar-refractivity contribution in [3.63, 3.8) is 0 Å². The predicted molar refractivity (Wildman–Crippen MR) is 108 cm³/mol. The third kappa shape index (κ3) is 4.31. The number of rotatable bonds is 7. The SMILES string of the molecule is C/C=C/c1ccc(OCC(O)Cn2cnc3cc(C)c(C)cc32)c(OC)c1. The number of aliphatic hydroxyl groups is 1. The molecule has 0 radical (unpaired) electrons. The maximum atomic E-state index is 10.4. The van der Waals surface area contributed by atoms with Crippen LogP contribution in [0.3, 0.4) is 0 Å². The fraction of sp³-hybridized carbons (Fsp3) is 0.318. The Morgan fingerprint density at radius 3 is 2.67 bits per heavy atom. The molecule has 1 atom stereocenters. The number of benzene rings is 2. The van der Waals surface area contributed by atoms with Crippen LogP contribution in [0.1, 0.15) is 23.6 Å². The molecule has 3 rings (SSSR count). The minimum absolute atomic E-state index is 0.170. The van der Waals surface area contributed by atoms with Crippen LogP contribution in [0.4, 0.5) is 0 Å². The molecule has 1 N–H and O–H groups in total. The van der Waals surface area contributed by atoms with Crippen LogP contribution in [0.25, 0.3) is 17.1 Å². The van der Waals surface area contributed by atoms with Crippen LogP contribution >= 0.6 is 0 Å². The smallest absolute Gasteiger partial charge is 0.161 e. The summed E-state index contributed by atoms with van der Waals surface area (Å²) in [6.07, 6.45) is 5.07. The van der Waals surface area contributed by atoms with Crippen molar-refractivity contribution in [2.45, 2.75) is 33.4 Å². The molecule has 0 spiro atoms. The molecule has 5 nitrogen and oxygen atoms in total. The second-order valence-electron chi connectivity index (χ2n) is 6.70. The summed E-state index contributed by atoms with van der Waals surface area (Å²) in [6.45, 7) is 6.71. The summed E-state index contributed by atoms with van der Waals surface area (Å²) >= 11 is 0. The number of aliphatic hydroxyl groups excluding tert-OH is 1. The van der Waals surface area contributed by atoms with E-state index in [9.17, 15) is 5.11 Å². The fourth-order valence-corrected chi connectivity index (χ4v) is 3.02. The first-order chi connectivity index (χ1) is 13.0. The van der Waals surface area contributed by atoms with Gasteiger partial charge in [-0.3, -0.25) is 0 Å². The number of hydrogen-bond donors (Lipinski definition) is 1. The first kappa shape index (κ1) is 19.0. The Morgan fingerprint density at radius 2 is 1.93 bits per heavy atom. The molecule has 0 fully saturated rings. The van der Waals surface area contributed by atoms with E-state index < -0.39 is 6.10 Å². The van der Waals surface area contributed by atoms with E-state index in [1.54, 1.807) is 13.4 Å². The van der Waals surface area contributed by atoms with Crippen molar-refractivity contribution in [2.24, 2.45) is 0 Å². The predicted octanol–water partition coefficient (Wildman–Crippen LogP) is 4.13. The minimum atomic E-state index is -0.663. The monoisotopic (exact) mass is 366 g/mol. The minimum Gasteiger partial charge on any atom is -0.493 e. The standard InChI is InChI=1S/C22H26N2O3/c1-5-6-17-7-8-21(22(11-17)26-4)27-13-18(25)12-24-14-23-19-9-15(2)16(3)10-20(19)24/h5-11,14,18,25H,12-13H2,1-4H3/b6-5+. The summed E-state index contributed by atoms with van der Waals surface area (Å²) in [6, 6.07) is 9.91. The van der Waals surface area contributed by atoms with Gasteiger partial charge in [-0.2, -0.15) is 0 Å². The molecular formula is C22H26N2O3. The van der Waals surface area contributed by atoms with Gasteiger partial charge in [-0.15, -0.1) is 0 Å². The fourth-order valence-electron chi connectivity index (χ4n) is 3.02. The van der Waals surface area contributed by atoms with Crippen LogP contribution in [0.2, 0.25) is 0 Å². The number of aromatic nitrogens is 2. The van der Waals surface area contributed by atoms with Gasteiger partial charge in [-0.25, -0.2) is 4.98 Å². The van der Waals surface area contributed by atoms with Crippen LogP contribution in [0, 0.1) is 13.8 Å². The van der Waals surface area contributed by atoms with Gasteiger partial charge in [0, 0.05) is 0 Å². The third-order valence-corrected chi connectivity index (χ3v) is 4.62. The Balaban J connectivity index is 1.68. The van der Waals surface area contributed by atoms with E-state index in [1.165, 1.54) is 11.1 Å². The second-order valence-corrected chi connectivity index (χ2v) is 6.70. The molecular weight excluding hydrogens is 340 g/mol. The number of nitrogens with zero attached hydrogens (tertiary/aromatic N) is 2. The van der Waals surface area contributed by atoms with Crippen molar-refractivity contribution >= 4 is 17.1 Å². The van der Waals surface area contributed by atoms with E-state index >= 15 is 0 Å². The molecule has 0 aliphatic rings. The van der Waals surface area contributed by atoms with Crippen LogP contribution in [-0.4, -0.2) is 34.5 Å². The summed E-state index contributed by atoms with van der Waals surface area (Å²) in [5.74, 6) is 1.27. The molecule has 1 heterocycles. The van der Waals surface area contributed by atoms with Crippen LogP contribution in [-0.2, 0) is 6.54 Å². The van der Waals surface area contributed by atoms with E-state index in [2.05, 4.69) is 31.0 Å². The Hall–Kier alpha value is -2.79. The van der Waals surface area contributed by atoms with Gasteiger partial charge in [-0.05, 0) is 61.7 Å². The van der Waals surface area contributed by atoms with Gasteiger partial charge in [-0.1, -0.05) is 18.2 Å². The molecule has 0 saturated carbocycles. The zero-order valence-electron chi connectivity index (χ0n) is 16.3. The lowest BCUT2D eigenvalue weighted by atomic mass is 10.1. The number of hydrogen-bond acceptors (Lipinski definition) is 4. The van der Waals surface area contributed by atoms with Crippen molar-refractivity contribution in [3.05, 3.63) is 59.4 Å². The van der Waals surface area contributed by atoms with E-state index in [0.717, 1.165) is 16.6 Å². The topological polar surface area (TPSA) is 56.5 Å². The number of allylic oxidation sites excluding steroid dienone is 1. The highest BCUT2D eigenvalue weighted by Crippen LogP contribution is 2.29. The molecule has 0 aliphatic carbocycles. The lowest BCUT2D eigenvalue weighted by molar-refractivity contribution is 0.0919. The second kappa shape index (κ2) is 8.27. The average molecular weight is 366 g/mol. The highest BCUT2D eigenvalue weighted by Gasteiger charge is 2.12. The largest absolute Gasteiger partial charge is 0.493 e. The number of aryl methyl sites for hydroxylation is 2. The molecule has 1 unspecified atom stereocenters. The number of ether oxygens (including phenoxy) is 2. The van der Waals surface area contributed by atoms with Crippen molar-refractivity contribution in [2.75, 3.05) is 13.7 Å². The van der Waals surface area contributed by atoms with E-state index in [4.69, 9.17) is 9.47 Å². The van der Waals surface area contributed by atoms with Gasteiger partial charge in [0.25, 0.3) is 0 Å². The molecule has 27 heavy (non-hydrogen) atoms. The van der Waals surface area contributed by atoms with Crippen molar-refractivity contribution in [1.29, 1.82) is 0 Å². The normalized spacial score (nSPS) is 12.6. The summed E-state index contributed by atoms with van der Waals surface area (Å²) < 4.78 is 13.2. The summed E-state index contributed by atoms with van der Waals surface area (Å²) in [7, 11) is 1.61. The highest BCUT2D eigenvalue weighted by molar-refractivity contribution is 5.77. The molecule has 0 aliphatic heterocycles. The highest BCUT2D eigenvalue weighted by atomic mass is 16.5. The summed E-state index contributed by atoms with van der Waals surface area (Å²) in [4.78, 5) is 4.43. The van der Waals surface area contributed by atoms with E-state index in [-0.39, 0.29) is 6.61 Å². The third-order valence-electron chi connectivity index (χ3n) is 4.62. The van der Waals surface area contributed by atoms with Crippen LogP contribution < -0.4 is 9.47 Å². The Bertz CT molecular complexity index is 960. The lowest BCUT2D eigenvalue weighted by Gasteiger charge is -2.16. The molecule has 142 valence electrons. The number of methoxy groups -OCH3 is 1. The first-order valence-electron chi connectivity index (χ1n) is 9.05. The molecule has 1 aromatic heterocycles. The van der Waals surface area contributed by atoms with Gasteiger partial charge < -0.3 is 19.1 Å². The zero-order chi connectivity index (χ0) is 19.4. The van der Waals surface area contributed by atoms with Crippen molar-refractivity contribution in [3.8, 4) is 11.5 Å². The van der Waals surface area contributed by atoms with Gasteiger partial charge in [0.1, 0.15) is 12.7 Å². The number of imidazole rings is 1. The van der Waals surface area contributed by atoms with Crippen LogP contribution in [0.15, 0.2) is 42.7 Å². The molecule has 2 aromatic carbocycles.